The highest BCUT2D eigenvalue weighted by molar-refractivity contribution is 7.09. The fourth-order valence-corrected chi connectivity index (χ4v) is 3.49. The summed E-state index contributed by atoms with van der Waals surface area (Å²) in [6.45, 7) is 4.16. The van der Waals surface area contributed by atoms with Crippen LogP contribution in [0.15, 0.2) is 29.7 Å². The number of tetrazole rings is 1. The van der Waals surface area contributed by atoms with Crippen molar-refractivity contribution in [3.8, 4) is 11.4 Å². The highest BCUT2D eigenvalue weighted by atomic mass is 32.1. The van der Waals surface area contributed by atoms with Gasteiger partial charge < -0.3 is 4.74 Å². The van der Waals surface area contributed by atoms with Crippen LogP contribution in [-0.2, 0) is 19.3 Å². The molecule has 0 saturated heterocycles. The molecule has 0 bridgehead atoms. The van der Waals surface area contributed by atoms with E-state index in [1.54, 1.807) is 23.2 Å². The Morgan fingerprint density at radius 1 is 1.22 bits per heavy atom. The number of benzene rings is 1. The topological polar surface area (TPSA) is 65.7 Å². The first-order chi connectivity index (χ1) is 13.2. The Morgan fingerprint density at radius 2 is 2.11 bits per heavy atom. The second-order valence-corrected chi connectivity index (χ2v) is 7.10. The number of hydrogen-bond acceptors (Lipinski definition) is 6. The zero-order valence-electron chi connectivity index (χ0n) is 16.1. The number of thiazole rings is 1. The minimum atomic E-state index is 0.733. The van der Waals surface area contributed by atoms with Crippen molar-refractivity contribution in [1.29, 1.82) is 0 Å². The predicted molar refractivity (Wildman–Crippen MR) is 109 cm³/mol. The van der Waals surface area contributed by atoms with Crippen LogP contribution in [0.3, 0.4) is 0 Å². The molecule has 1 aromatic carbocycles. The zero-order chi connectivity index (χ0) is 19.1. The summed E-state index contributed by atoms with van der Waals surface area (Å²) in [5.41, 5.74) is 3.08. The number of aryl methyl sites for hydroxylation is 3. The van der Waals surface area contributed by atoms with E-state index in [4.69, 9.17) is 4.74 Å². The van der Waals surface area contributed by atoms with Gasteiger partial charge in [0.2, 0.25) is 0 Å². The lowest BCUT2D eigenvalue weighted by atomic mass is 10.1. The monoisotopic (exact) mass is 383 g/mol. The van der Waals surface area contributed by atoms with E-state index < -0.39 is 0 Å². The van der Waals surface area contributed by atoms with Crippen molar-refractivity contribution in [3.63, 3.8) is 0 Å². The van der Waals surface area contributed by atoms with Crippen molar-refractivity contribution >= 4 is 17.4 Å². The molecular formula is C20H25N5OS. The van der Waals surface area contributed by atoms with Crippen LogP contribution in [0.4, 0.5) is 0 Å². The highest BCUT2D eigenvalue weighted by Gasteiger charge is 2.07. The summed E-state index contributed by atoms with van der Waals surface area (Å²) in [5.74, 6) is 1.56. The van der Waals surface area contributed by atoms with Crippen molar-refractivity contribution in [1.82, 2.24) is 25.2 Å². The number of nitrogens with zero attached hydrogens (tertiary/aromatic N) is 5. The number of allylic oxidation sites excluding steroid dienone is 1. The fourth-order valence-electron chi connectivity index (χ4n) is 2.71. The first kappa shape index (κ1) is 19.2. The summed E-state index contributed by atoms with van der Waals surface area (Å²) in [6, 6.07) is 5.89. The lowest BCUT2D eigenvalue weighted by molar-refractivity contribution is 0.413. The molecule has 3 aromatic rings. The highest BCUT2D eigenvalue weighted by Crippen LogP contribution is 2.23. The Bertz CT molecular complexity index is 899. The molecule has 0 unspecified atom stereocenters. The number of unbranched alkanes of at least 4 members (excludes halogenated alkanes) is 1. The molecule has 0 spiro atoms. The molecule has 0 aliphatic heterocycles. The third-order valence-electron chi connectivity index (χ3n) is 4.22. The summed E-state index contributed by atoms with van der Waals surface area (Å²) in [7, 11) is 1.68. The van der Waals surface area contributed by atoms with Crippen LogP contribution >= 0.6 is 11.3 Å². The smallest absolute Gasteiger partial charge is 0.174 e. The van der Waals surface area contributed by atoms with E-state index in [1.165, 1.54) is 10.7 Å². The average molecular weight is 384 g/mol. The molecule has 7 heteroatoms. The third-order valence-corrected chi connectivity index (χ3v) is 5.26. The van der Waals surface area contributed by atoms with Crippen LogP contribution in [0.2, 0.25) is 0 Å². The van der Waals surface area contributed by atoms with Gasteiger partial charge in [0.25, 0.3) is 0 Å². The lowest BCUT2D eigenvalue weighted by Gasteiger charge is -2.07. The predicted octanol–water partition coefficient (Wildman–Crippen LogP) is 4.29. The molecule has 0 atom stereocenters. The quantitative estimate of drug-likeness (QED) is 0.516. The molecule has 6 nitrogen and oxygen atoms in total. The van der Waals surface area contributed by atoms with E-state index in [2.05, 4.69) is 44.9 Å². The van der Waals surface area contributed by atoms with Gasteiger partial charge in [-0.1, -0.05) is 26.0 Å². The normalized spacial score (nSPS) is 11.4. The van der Waals surface area contributed by atoms with E-state index in [9.17, 15) is 0 Å². The molecule has 0 saturated carbocycles. The van der Waals surface area contributed by atoms with Crippen molar-refractivity contribution in [3.05, 3.63) is 51.7 Å². The SMILES string of the molecule is CCc1nnn(-c2ccc(OC)c(/C=C/CCCc3csc(CC)n3)c2)n1. The van der Waals surface area contributed by atoms with Crippen LogP contribution in [-0.4, -0.2) is 32.3 Å². The van der Waals surface area contributed by atoms with E-state index >= 15 is 0 Å². The first-order valence-electron chi connectivity index (χ1n) is 9.30. The average Bonchev–Trinajstić information content (AvgIpc) is 3.37. The molecule has 0 N–H and O–H groups in total. The molecule has 2 heterocycles. The van der Waals surface area contributed by atoms with Crippen LogP contribution in [0, 0.1) is 0 Å². The molecule has 2 aromatic heterocycles. The molecule has 0 aliphatic carbocycles. The van der Waals surface area contributed by atoms with E-state index in [1.807, 2.05) is 25.1 Å². The second kappa shape index (κ2) is 9.41. The molecule has 0 aliphatic rings. The van der Waals surface area contributed by atoms with Gasteiger partial charge in [-0.15, -0.1) is 26.3 Å². The standard InChI is InChI=1S/C20H25N5OS/c1-4-19-22-24-25(23-19)17-11-12-18(26-3)15(13-17)9-7-6-8-10-16-14-27-20(5-2)21-16/h7,9,11-14H,4-6,8,10H2,1-3H3/b9-7+. The van der Waals surface area contributed by atoms with Crippen LogP contribution < -0.4 is 4.74 Å². The summed E-state index contributed by atoms with van der Waals surface area (Å²) in [4.78, 5) is 6.18. The Morgan fingerprint density at radius 3 is 2.81 bits per heavy atom. The van der Waals surface area contributed by atoms with Crippen LogP contribution in [0.1, 0.15) is 48.8 Å². The van der Waals surface area contributed by atoms with E-state index in [0.29, 0.717) is 0 Å². The van der Waals surface area contributed by atoms with Crippen molar-refractivity contribution < 1.29 is 4.74 Å². The van der Waals surface area contributed by atoms with Gasteiger partial charge in [-0.05, 0) is 49.1 Å². The summed E-state index contributed by atoms with van der Waals surface area (Å²) < 4.78 is 5.48. The first-order valence-corrected chi connectivity index (χ1v) is 10.2. The Hall–Kier alpha value is -2.54. The number of methoxy groups -OCH3 is 1. The number of ether oxygens (including phenoxy) is 1. The van der Waals surface area contributed by atoms with Gasteiger partial charge in [-0.3, -0.25) is 0 Å². The fraction of sp³-hybridized carbons (Fsp3) is 0.400. The maximum Gasteiger partial charge on any atom is 0.174 e. The zero-order valence-corrected chi connectivity index (χ0v) is 16.9. The maximum absolute atomic E-state index is 5.48. The molecule has 0 radical (unpaired) electrons. The molecular weight excluding hydrogens is 358 g/mol. The van der Waals surface area contributed by atoms with Crippen LogP contribution in [0.25, 0.3) is 11.8 Å². The van der Waals surface area contributed by atoms with Gasteiger partial charge >= 0.3 is 0 Å². The van der Waals surface area contributed by atoms with Crippen molar-refractivity contribution in [2.45, 2.75) is 46.0 Å². The van der Waals surface area contributed by atoms with Crippen molar-refractivity contribution in [2.24, 2.45) is 0 Å². The largest absolute Gasteiger partial charge is 0.496 e. The van der Waals surface area contributed by atoms with Gasteiger partial charge in [0, 0.05) is 17.4 Å². The number of rotatable bonds is 9. The Labute approximate surface area is 163 Å². The van der Waals surface area contributed by atoms with Gasteiger partial charge in [0.1, 0.15) is 5.75 Å². The van der Waals surface area contributed by atoms with Gasteiger partial charge in [-0.25, -0.2) is 4.98 Å². The van der Waals surface area contributed by atoms with E-state index in [0.717, 1.165) is 54.9 Å². The van der Waals surface area contributed by atoms with Crippen LogP contribution in [0.5, 0.6) is 5.75 Å². The molecule has 3 rings (SSSR count). The number of hydrogen-bond donors (Lipinski definition) is 0. The van der Waals surface area contributed by atoms with Gasteiger partial charge in [0.15, 0.2) is 5.82 Å². The van der Waals surface area contributed by atoms with Gasteiger partial charge in [-0.2, -0.15) is 0 Å². The molecule has 142 valence electrons. The summed E-state index contributed by atoms with van der Waals surface area (Å²) in [6.07, 6.45) is 9.15. The number of aromatic nitrogens is 5. The minimum absolute atomic E-state index is 0.733. The summed E-state index contributed by atoms with van der Waals surface area (Å²) >= 11 is 1.75. The van der Waals surface area contributed by atoms with E-state index in [-0.39, 0.29) is 0 Å². The Kier molecular flexibility index (Phi) is 6.70. The molecule has 27 heavy (non-hydrogen) atoms. The lowest BCUT2D eigenvalue weighted by Crippen LogP contribution is -2.00. The second-order valence-electron chi connectivity index (χ2n) is 6.16. The molecule has 0 fully saturated rings. The third kappa shape index (κ3) is 5.01. The van der Waals surface area contributed by atoms with Crippen molar-refractivity contribution in [2.75, 3.05) is 7.11 Å². The Balaban J connectivity index is 1.63. The summed E-state index contributed by atoms with van der Waals surface area (Å²) in [5, 5.41) is 15.9. The minimum Gasteiger partial charge on any atom is -0.496 e. The maximum atomic E-state index is 5.48. The van der Waals surface area contributed by atoms with Gasteiger partial charge in [0.05, 0.1) is 23.5 Å². The molecule has 0 amide bonds.